The van der Waals surface area contributed by atoms with Crippen molar-refractivity contribution in [1.82, 2.24) is 15.3 Å². The minimum Gasteiger partial charge on any atom is -0.494 e. The monoisotopic (exact) mass is 279 g/mol. The number of hydrogen-bond acceptors (Lipinski definition) is 4. The average molecular weight is 279 g/mol. The third-order valence-corrected chi connectivity index (χ3v) is 3.69. The second kappa shape index (κ2) is 7.40. The zero-order valence-corrected chi connectivity index (χ0v) is 12.3. The first-order valence-electron chi connectivity index (χ1n) is 6.79. The second-order valence-corrected chi connectivity index (χ2v) is 5.29. The van der Waals surface area contributed by atoms with Crippen molar-refractivity contribution in [3.63, 3.8) is 0 Å². The van der Waals surface area contributed by atoms with Gasteiger partial charge in [0.15, 0.2) is 5.16 Å². The average Bonchev–Trinajstić information content (AvgIpc) is 2.81. The smallest absolute Gasteiger partial charge is 0.166 e. The van der Waals surface area contributed by atoms with Gasteiger partial charge in [0.25, 0.3) is 0 Å². The fourth-order valence-corrected chi connectivity index (χ4v) is 2.66. The highest BCUT2D eigenvalue weighted by atomic mass is 32.2. The molecule has 2 aromatic rings. The van der Waals surface area contributed by atoms with Crippen molar-refractivity contribution in [3.05, 3.63) is 18.2 Å². The Labute approximate surface area is 118 Å². The maximum Gasteiger partial charge on any atom is 0.166 e. The van der Waals surface area contributed by atoms with E-state index in [-0.39, 0.29) is 0 Å². The summed E-state index contributed by atoms with van der Waals surface area (Å²) in [6.07, 6.45) is 1.15. The molecule has 0 aliphatic heterocycles. The van der Waals surface area contributed by atoms with Gasteiger partial charge in [0, 0.05) is 11.8 Å². The van der Waals surface area contributed by atoms with Gasteiger partial charge in [-0.3, -0.25) is 0 Å². The van der Waals surface area contributed by atoms with E-state index in [1.54, 1.807) is 11.8 Å². The molecule has 5 heteroatoms. The number of rotatable bonds is 8. The van der Waals surface area contributed by atoms with Crippen LogP contribution in [-0.4, -0.2) is 35.4 Å². The van der Waals surface area contributed by atoms with Gasteiger partial charge < -0.3 is 15.0 Å². The number of hydrogen-bond donors (Lipinski definition) is 2. The Morgan fingerprint density at radius 2 is 2.26 bits per heavy atom. The highest BCUT2D eigenvalue weighted by Crippen LogP contribution is 2.23. The summed E-state index contributed by atoms with van der Waals surface area (Å²) in [6.45, 7) is 6.91. The Kier molecular flexibility index (Phi) is 5.54. The molecule has 104 valence electrons. The minimum atomic E-state index is 0.686. The molecule has 1 aromatic carbocycles. The number of imidazole rings is 1. The van der Waals surface area contributed by atoms with Crippen molar-refractivity contribution in [2.45, 2.75) is 25.4 Å². The van der Waals surface area contributed by atoms with Gasteiger partial charge in [0.2, 0.25) is 0 Å². The topological polar surface area (TPSA) is 49.9 Å². The quantitative estimate of drug-likeness (QED) is 0.576. The van der Waals surface area contributed by atoms with Crippen molar-refractivity contribution in [2.24, 2.45) is 0 Å². The Balaban J connectivity index is 1.93. The molecule has 0 aliphatic carbocycles. The van der Waals surface area contributed by atoms with Crippen LogP contribution >= 0.6 is 11.8 Å². The molecule has 4 nitrogen and oxygen atoms in total. The maximum atomic E-state index is 5.49. The van der Waals surface area contributed by atoms with Gasteiger partial charge in [-0.05, 0) is 38.6 Å². The van der Waals surface area contributed by atoms with Crippen molar-refractivity contribution in [2.75, 3.05) is 25.4 Å². The van der Waals surface area contributed by atoms with Gasteiger partial charge >= 0.3 is 0 Å². The number of H-pyrrole nitrogens is 1. The summed E-state index contributed by atoms with van der Waals surface area (Å²) in [4.78, 5) is 7.90. The zero-order chi connectivity index (χ0) is 13.5. The Bertz CT molecular complexity index is 512. The van der Waals surface area contributed by atoms with E-state index < -0.39 is 0 Å². The van der Waals surface area contributed by atoms with Crippen molar-refractivity contribution < 1.29 is 4.74 Å². The number of aromatic amines is 1. The normalized spacial score (nSPS) is 11.1. The van der Waals surface area contributed by atoms with Crippen LogP contribution in [0.25, 0.3) is 11.0 Å². The standard InChI is InChI=1S/C14H21N3OS/c1-3-15-8-5-9-19-14-16-12-7-6-11(18-4-2)10-13(12)17-14/h6-7,10,15H,3-5,8-9H2,1-2H3,(H,16,17). The van der Waals surface area contributed by atoms with Crippen LogP contribution in [0.1, 0.15) is 20.3 Å². The van der Waals surface area contributed by atoms with Crippen LogP contribution in [0.15, 0.2) is 23.4 Å². The first kappa shape index (κ1) is 14.2. The van der Waals surface area contributed by atoms with Crippen LogP contribution in [0.4, 0.5) is 0 Å². The minimum absolute atomic E-state index is 0.686. The van der Waals surface area contributed by atoms with Crippen LogP contribution in [0.2, 0.25) is 0 Å². The summed E-state index contributed by atoms with van der Waals surface area (Å²) >= 11 is 1.77. The number of nitrogens with zero attached hydrogens (tertiary/aromatic N) is 1. The number of thioether (sulfide) groups is 1. The fraction of sp³-hybridized carbons (Fsp3) is 0.500. The van der Waals surface area contributed by atoms with E-state index in [1.807, 2.05) is 25.1 Å². The first-order chi connectivity index (χ1) is 9.33. The molecule has 0 unspecified atom stereocenters. The van der Waals surface area contributed by atoms with Crippen LogP contribution in [-0.2, 0) is 0 Å². The molecule has 0 amide bonds. The number of ether oxygens (including phenoxy) is 1. The van der Waals surface area contributed by atoms with Gasteiger partial charge in [-0.15, -0.1) is 0 Å². The summed E-state index contributed by atoms with van der Waals surface area (Å²) < 4.78 is 5.49. The Morgan fingerprint density at radius 1 is 1.37 bits per heavy atom. The molecular weight excluding hydrogens is 258 g/mol. The molecule has 1 heterocycles. The Hall–Kier alpha value is -1.20. The molecule has 0 aliphatic rings. The van der Waals surface area contributed by atoms with E-state index in [0.717, 1.165) is 47.2 Å². The van der Waals surface area contributed by atoms with Crippen LogP contribution in [0, 0.1) is 0 Å². The molecule has 0 saturated heterocycles. The first-order valence-corrected chi connectivity index (χ1v) is 7.78. The summed E-state index contributed by atoms with van der Waals surface area (Å²) in [5.41, 5.74) is 2.04. The Morgan fingerprint density at radius 3 is 3.05 bits per heavy atom. The summed E-state index contributed by atoms with van der Waals surface area (Å²) in [5.74, 6) is 1.97. The lowest BCUT2D eigenvalue weighted by Crippen LogP contribution is -2.14. The molecule has 1 aromatic heterocycles. The number of nitrogens with one attached hydrogen (secondary N) is 2. The SMILES string of the molecule is CCNCCCSc1nc2ccc(OCC)cc2[nH]1. The van der Waals surface area contributed by atoms with Gasteiger partial charge in [-0.2, -0.15) is 0 Å². The highest BCUT2D eigenvalue weighted by Gasteiger charge is 2.04. The van der Waals surface area contributed by atoms with Crippen LogP contribution in [0.3, 0.4) is 0 Å². The largest absolute Gasteiger partial charge is 0.494 e. The highest BCUT2D eigenvalue weighted by molar-refractivity contribution is 7.99. The van der Waals surface area contributed by atoms with Crippen LogP contribution < -0.4 is 10.1 Å². The lowest BCUT2D eigenvalue weighted by atomic mass is 10.3. The van der Waals surface area contributed by atoms with Crippen LogP contribution in [0.5, 0.6) is 5.75 Å². The molecule has 2 N–H and O–H groups in total. The third kappa shape index (κ3) is 4.14. The van der Waals surface area contributed by atoms with E-state index >= 15 is 0 Å². The zero-order valence-electron chi connectivity index (χ0n) is 11.5. The van der Waals surface area contributed by atoms with E-state index in [4.69, 9.17) is 4.74 Å². The summed E-state index contributed by atoms with van der Waals surface area (Å²) in [6, 6.07) is 5.97. The van der Waals surface area contributed by atoms with E-state index in [1.165, 1.54) is 0 Å². The van der Waals surface area contributed by atoms with Gasteiger partial charge in [0.1, 0.15) is 5.75 Å². The lowest BCUT2D eigenvalue weighted by molar-refractivity contribution is 0.340. The molecule has 0 atom stereocenters. The molecule has 0 spiro atoms. The molecule has 0 radical (unpaired) electrons. The molecular formula is C14H21N3OS. The fourth-order valence-electron chi connectivity index (χ4n) is 1.83. The van der Waals surface area contributed by atoms with Crippen molar-refractivity contribution in [1.29, 1.82) is 0 Å². The maximum absolute atomic E-state index is 5.49. The van der Waals surface area contributed by atoms with Gasteiger partial charge in [-0.25, -0.2) is 4.98 Å². The third-order valence-electron chi connectivity index (χ3n) is 2.73. The molecule has 0 fully saturated rings. The number of benzene rings is 1. The molecule has 0 saturated carbocycles. The van der Waals surface area contributed by atoms with Gasteiger partial charge in [0.05, 0.1) is 17.6 Å². The van der Waals surface area contributed by atoms with E-state index in [2.05, 4.69) is 22.2 Å². The van der Waals surface area contributed by atoms with Crippen molar-refractivity contribution >= 4 is 22.8 Å². The molecule has 2 rings (SSSR count). The predicted molar refractivity (Wildman–Crippen MR) is 81.1 cm³/mol. The molecule has 0 bridgehead atoms. The number of aromatic nitrogens is 2. The van der Waals surface area contributed by atoms with E-state index in [0.29, 0.717) is 6.61 Å². The van der Waals surface area contributed by atoms with Gasteiger partial charge in [-0.1, -0.05) is 18.7 Å². The second-order valence-electron chi connectivity index (χ2n) is 4.21. The molecule has 19 heavy (non-hydrogen) atoms. The summed E-state index contributed by atoms with van der Waals surface area (Å²) in [7, 11) is 0. The lowest BCUT2D eigenvalue weighted by Gasteiger charge is -2.00. The van der Waals surface area contributed by atoms with E-state index in [9.17, 15) is 0 Å². The predicted octanol–water partition coefficient (Wildman–Crippen LogP) is 3.05. The van der Waals surface area contributed by atoms with Crippen molar-refractivity contribution in [3.8, 4) is 5.75 Å². The number of fused-ring (bicyclic) bond motifs is 1. The summed E-state index contributed by atoms with van der Waals surface area (Å²) in [5, 5.41) is 4.31.